The number of hydrogen-bond donors (Lipinski definition) is 0. The van der Waals surface area contributed by atoms with E-state index in [1.165, 1.54) is 33.3 Å². The molecule has 0 heterocycles. The Labute approximate surface area is 211 Å². The van der Waals surface area contributed by atoms with Crippen LogP contribution in [0.25, 0.3) is 0 Å². The van der Waals surface area contributed by atoms with E-state index >= 15 is 0 Å². The Kier molecular flexibility index (Phi) is 7.60. The van der Waals surface area contributed by atoms with E-state index in [-0.39, 0.29) is 40.9 Å². The number of carbonyl (C=O) groups excluding carboxylic acids is 3. The minimum absolute atomic E-state index is 0.0479. The van der Waals surface area contributed by atoms with E-state index in [0.717, 1.165) is 38.5 Å². The van der Waals surface area contributed by atoms with E-state index < -0.39 is 0 Å². The molecule has 0 saturated heterocycles. The zero-order chi connectivity index (χ0) is 25.5. The molecule has 198 valence electrons. The molecular formula is C29H46O6. The van der Waals surface area contributed by atoms with Crippen LogP contribution in [0.15, 0.2) is 0 Å². The molecule has 0 bridgehead atoms. The fraction of sp³-hybridized carbons (Fsp3) is 0.897. The van der Waals surface area contributed by atoms with Crippen LogP contribution in [0.3, 0.4) is 0 Å². The highest BCUT2D eigenvalue weighted by Crippen LogP contribution is 2.69. The number of methoxy groups -OCH3 is 1. The molecule has 4 aliphatic rings. The molecule has 0 unspecified atom stereocenters. The molecule has 6 nitrogen and oxygen atoms in total. The van der Waals surface area contributed by atoms with Crippen LogP contribution in [0.4, 0.5) is 0 Å². The maximum Gasteiger partial charge on any atom is 0.305 e. The Morgan fingerprint density at radius 3 is 2.29 bits per heavy atom. The van der Waals surface area contributed by atoms with E-state index in [2.05, 4.69) is 20.8 Å². The van der Waals surface area contributed by atoms with Crippen molar-refractivity contribution in [2.24, 2.45) is 46.3 Å². The zero-order valence-corrected chi connectivity index (χ0v) is 22.6. The normalized spacial score (nSPS) is 43.2. The predicted molar refractivity (Wildman–Crippen MR) is 132 cm³/mol. The zero-order valence-electron chi connectivity index (χ0n) is 22.6. The summed E-state index contributed by atoms with van der Waals surface area (Å²) in [4.78, 5) is 35.7. The van der Waals surface area contributed by atoms with Crippen molar-refractivity contribution in [3.05, 3.63) is 0 Å². The molecule has 4 rings (SSSR count). The van der Waals surface area contributed by atoms with Crippen molar-refractivity contribution in [2.45, 2.75) is 111 Å². The van der Waals surface area contributed by atoms with Crippen LogP contribution in [-0.2, 0) is 28.6 Å². The van der Waals surface area contributed by atoms with Gasteiger partial charge in [0.1, 0.15) is 12.2 Å². The summed E-state index contributed by atoms with van der Waals surface area (Å²) in [5, 5.41) is 0. The largest absolute Gasteiger partial charge is 0.469 e. The van der Waals surface area contributed by atoms with Crippen molar-refractivity contribution < 1.29 is 28.6 Å². The minimum atomic E-state index is -0.183. The topological polar surface area (TPSA) is 78.9 Å². The summed E-state index contributed by atoms with van der Waals surface area (Å²) < 4.78 is 16.7. The lowest BCUT2D eigenvalue weighted by molar-refractivity contribution is -0.197. The molecule has 6 heteroatoms. The summed E-state index contributed by atoms with van der Waals surface area (Å²) in [5.41, 5.74) is 0.147. The second-order valence-corrected chi connectivity index (χ2v) is 12.6. The summed E-state index contributed by atoms with van der Waals surface area (Å²) in [5.74, 6) is 2.60. The number of ether oxygens (including phenoxy) is 3. The van der Waals surface area contributed by atoms with E-state index in [1.54, 1.807) is 6.92 Å². The van der Waals surface area contributed by atoms with Crippen LogP contribution in [0.2, 0.25) is 0 Å². The maximum atomic E-state index is 12.3. The standard InChI is InChI=1S/C29H46O6/c1-17(7-12-27(32)33-6)23-10-11-24-22-9-8-20-15-21(34-18(2)30)13-14-28(20,4)25(22)16-26(29(23,24)5)35-19(3)31/h17,20-26H,7-16H2,1-6H3/t17-,20+,21-,22+,23-,24+,25+,26-,28+,29-/m1/s1. The van der Waals surface area contributed by atoms with Gasteiger partial charge in [-0.05, 0) is 98.7 Å². The lowest BCUT2D eigenvalue weighted by atomic mass is 9.43. The van der Waals surface area contributed by atoms with Gasteiger partial charge in [0.2, 0.25) is 0 Å². The first-order chi connectivity index (χ1) is 16.5. The molecule has 0 aromatic rings. The summed E-state index contributed by atoms with van der Waals surface area (Å²) in [6.45, 7) is 10.2. The van der Waals surface area contributed by atoms with Gasteiger partial charge >= 0.3 is 17.9 Å². The highest BCUT2D eigenvalue weighted by Gasteiger charge is 2.65. The van der Waals surface area contributed by atoms with Crippen molar-refractivity contribution in [3.63, 3.8) is 0 Å². The smallest absolute Gasteiger partial charge is 0.305 e. The third-order valence-corrected chi connectivity index (χ3v) is 11.1. The molecular weight excluding hydrogens is 444 g/mol. The van der Waals surface area contributed by atoms with Crippen LogP contribution >= 0.6 is 0 Å². The predicted octanol–water partition coefficient (Wildman–Crippen LogP) is 5.71. The Morgan fingerprint density at radius 1 is 0.914 bits per heavy atom. The molecule has 35 heavy (non-hydrogen) atoms. The molecule has 0 N–H and O–H groups in total. The van der Waals surface area contributed by atoms with Gasteiger partial charge < -0.3 is 14.2 Å². The average Bonchev–Trinajstić information content (AvgIpc) is 3.16. The van der Waals surface area contributed by atoms with Crippen molar-refractivity contribution in [1.82, 2.24) is 0 Å². The molecule has 0 aromatic carbocycles. The Morgan fingerprint density at radius 2 is 1.63 bits per heavy atom. The van der Waals surface area contributed by atoms with E-state index in [0.29, 0.717) is 41.9 Å². The summed E-state index contributed by atoms with van der Waals surface area (Å²) in [6, 6.07) is 0. The quantitative estimate of drug-likeness (QED) is 0.351. The fourth-order valence-electron chi connectivity index (χ4n) is 9.48. The van der Waals surface area contributed by atoms with Gasteiger partial charge in [-0.1, -0.05) is 20.8 Å². The Balaban J connectivity index is 1.58. The van der Waals surface area contributed by atoms with Crippen LogP contribution < -0.4 is 0 Å². The second-order valence-electron chi connectivity index (χ2n) is 12.6. The van der Waals surface area contributed by atoms with Gasteiger partial charge in [0.25, 0.3) is 0 Å². The van der Waals surface area contributed by atoms with Gasteiger partial charge in [-0.25, -0.2) is 0 Å². The first-order valence-corrected chi connectivity index (χ1v) is 13.9. The van der Waals surface area contributed by atoms with Gasteiger partial charge in [0.05, 0.1) is 7.11 Å². The first kappa shape index (κ1) is 26.5. The minimum Gasteiger partial charge on any atom is -0.469 e. The van der Waals surface area contributed by atoms with Crippen LogP contribution in [0, 0.1) is 46.3 Å². The lowest BCUT2D eigenvalue weighted by Crippen LogP contribution is -2.59. The van der Waals surface area contributed by atoms with Gasteiger partial charge in [0.15, 0.2) is 0 Å². The monoisotopic (exact) mass is 490 g/mol. The van der Waals surface area contributed by atoms with Gasteiger partial charge in [-0.3, -0.25) is 14.4 Å². The van der Waals surface area contributed by atoms with Crippen molar-refractivity contribution in [2.75, 3.05) is 7.11 Å². The number of fused-ring (bicyclic) bond motifs is 5. The molecule has 0 aromatic heterocycles. The molecule has 10 atom stereocenters. The van der Waals surface area contributed by atoms with E-state index in [4.69, 9.17) is 14.2 Å². The Bertz CT molecular complexity index is 824. The number of esters is 3. The molecule has 4 fully saturated rings. The van der Waals surface area contributed by atoms with Gasteiger partial charge in [-0.2, -0.15) is 0 Å². The van der Waals surface area contributed by atoms with Crippen molar-refractivity contribution in [3.8, 4) is 0 Å². The maximum absolute atomic E-state index is 12.3. The number of carbonyl (C=O) groups is 3. The summed E-state index contributed by atoms with van der Waals surface area (Å²) >= 11 is 0. The molecule has 0 spiro atoms. The second kappa shape index (κ2) is 10.0. The lowest BCUT2D eigenvalue weighted by Gasteiger charge is -2.62. The molecule has 4 saturated carbocycles. The Hall–Kier alpha value is -1.59. The molecule has 0 radical (unpaired) electrons. The fourth-order valence-corrected chi connectivity index (χ4v) is 9.48. The summed E-state index contributed by atoms with van der Waals surface area (Å²) in [6.07, 6.45) is 9.87. The van der Waals surface area contributed by atoms with Gasteiger partial charge in [-0.15, -0.1) is 0 Å². The first-order valence-electron chi connectivity index (χ1n) is 13.9. The highest BCUT2D eigenvalue weighted by molar-refractivity contribution is 5.69. The molecule has 4 aliphatic carbocycles. The summed E-state index contributed by atoms with van der Waals surface area (Å²) in [7, 11) is 1.45. The van der Waals surface area contributed by atoms with Crippen LogP contribution in [0.1, 0.15) is 98.8 Å². The number of rotatable bonds is 6. The SMILES string of the molecule is COC(=O)CC[C@@H](C)[C@H]1CC[C@H]2[C@@H]3CC[C@H]4C[C@H](OC(C)=O)CC[C@]4(C)[C@H]3C[C@@H](OC(C)=O)[C@]12C. The van der Waals surface area contributed by atoms with E-state index in [1.807, 2.05) is 0 Å². The highest BCUT2D eigenvalue weighted by atomic mass is 16.5. The molecule has 0 aliphatic heterocycles. The van der Waals surface area contributed by atoms with Crippen molar-refractivity contribution in [1.29, 1.82) is 0 Å². The number of hydrogen-bond acceptors (Lipinski definition) is 6. The van der Waals surface area contributed by atoms with E-state index in [9.17, 15) is 14.4 Å². The van der Waals surface area contributed by atoms with Crippen LogP contribution in [-0.4, -0.2) is 37.2 Å². The third-order valence-electron chi connectivity index (χ3n) is 11.1. The average molecular weight is 491 g/mol. The molecule has 0 amide bonds. The van der Waals surface area contributed by atoms with Gasteiger partial charge in [0, 0.05) is 25.7 Å². The third kappa shape index (κ3) is 4.75. The van der Waals surface area contributed by atoms with Crippen molar-refractivity contribution >= 4 is 17.9 Å². The van der Waals surface area contributed by atoms with Crippen LogP contribution in [0.5, 0.6) is 0 Å².